The lowest BCUT2D eigenvalue weighted by molar-refractivity contribution is 0.217. The van der Waals surface area contributed by atoms with Gasteiger partial charge in [-0.05, 0) is 57.1 Å². The molecule has 114 valence electrons. The SMILES string of the molecule is CN1CCC(Cc2nc3cccnc3n2-c2ccco2)CC1. The van der Waals surface area contributed by atoms with Gasteiger partial charge in [0.1, 0.15) is 11.3 Å². The molecule has 0 atom stereocenters. The van der Waals surface area contributed by atoms with Gasteiger partial charge in [-0.15, -0.1) is 0 Å². The third-order valence-corrected chi connectivity index (χ3v) is 4.52. The molecule has 3 aromatic heterocycles. The van der Waals surface area contributed by atoms with Gasteiger partial charge in [0, 0.05) is 18.7 Å². The van der Waals surface area contributed by atoms with Crippen LogP contribution in [0.4, 0.5) is 0 Å². The Morgan fingerprint density at radius 1 is 1.23 bits per heavy atom. The maximum absolute atomic E-state index is 5.61. The third kappa shape index (κ3) is 2.41. The lowest BCUT2D eigenvalue weighted by Gasteiger charge is -2.28. The Hall–Kier alpha value is -2.14. The molecule has 0 N–H and O–H groups in total. The summed E-state index contributed by atoms with van der Waals surface area (Å²) in [4.78, 5) is 11.7. The minimum atomic E-state index is 0.682. The van der Waals surface area contributed by atoms with Crippen molar-refractivity contribution in [1.29, 1.82) is 0 Å². The molecule has 1 aliphatic heterocycles. The zero-order chi connectivity index (χ0) is 14.9. The summed E-state index contributed by atoms with van der Waals surface area (Å²) in [6, 6.07) is 7.82. The average Bonchev–Trinajstić information content (AvgIpc) is 3.16. The van der Waals surface area contributed by atoms with Gasteiger partial charge < -0.3 is 9.32 Å². The minimum absolute atomic E-state index is 0.682. The Labute approximate surface area is 129 Å². The van der Waals surface area contributed by atoms with Gasteiger partial charge in [0.15, 0.2) is 5.65 Å². The Balaban J connectivity index is 1.72. The first kappa shape index (κ1) is 13.5. The predicted molar refractivity (Wildman–Crippen MR) is 85.1 cm³/mol. The Morgan fingerprint density at radius 3 is 2.86 bits per heavy atom. The summed E-state index contributed by atoms with van der Waals surface area (Å²) in [6.07, 6.45) is 6.94. The van der Waals surface area contributed by atoms with Crippen LogP contribution in [0, 0.1) is 5.92 Å². The van der Waals surface area contributed by atoms with Crippen molar-refractivity contribution in [3.05, 3.63) is 42.5 Å². The van der Waals surface area contributed by atoms with E-state index in [0.717, 1.165) is 29.3 Å². The van der Waals surface area contributed by atoms with Crippen LogP contribution in [0.2, 0.25) is 0 Å². The second-order valence-corrected chi connectivity index (χ2v) is 6.11. The first-order valence-corrected chi connectivity index (χ1v) is 7.86. The molecule has 5 heteroatoms. The smallest absolute Gasteiger partial charge is 0.206 e. The van der Waals surface area contributed by atoms with Crippen LogP contribution in [0.1, 0.15) is 18.7 Å². The Bertz CT molecular complexity index is 754. The third-order valence-electron chi connectivity index (χ3n) is 4.52. The summed E-state index contributed by atoms with van der Waals surface area (Å²) < 4.78 is 7.67. The molecule has 0 radical (unpaired) electrons. The van der Waals surface area contributed by atoms with E-state index in [-0.39, 0.29) is 0 Å². The molecule has 0 saturated carbocycles. The van der Waals surface area contributed by atoms with Crippen LogP contribution >= 0.6 is 0 Å². The van der Waals surface area contributed by atoms with Crippen molar-refractivity contribution in [3.8, 4) is 5.88 Å². The highest BCUT2D eigenvalue weighted by molar-refractivity contribution is 5.73. The van der Waals surface area contributed by atoms with Crippen LogP contribution in [0.15, 0.2) is 41.1 Å². The number of furan rings is 1. The molecule has 0 bridgehead atoms. The maximum Gasteiger partial charge on any atom is 0.206 e. The molecule has 0 aromatic carbocycles. The van der Waals surface area contributed by atoms with E-state index in [2.05, 4.69) is 21.5 Å². The number of rotatable bonds is 3. The van der Waals surface area contributed by atoms with Gasteiger partial charge in [-0.2, -0.15) is 0 Å². The molecule has 0 amide bonds. The van der Waals surface area contributed by atoms with Gasteiger partial charge >= 0.3 is 0 Å². The van der Waals surface area contributed by atoms with Crippen LogP contribution < -0.4 is 0 Å². The lowest BCUT2D eigenvalue weighted by Crippen LogP contribution is -2.31. The molecule has 22 heavy (non-hydrogen) atoms. The number of fused-ring (bicyclic) bond motifs is 1. The lowest BCUT2D eigenvalue weighted by atomic mass is 9.93. The molecule has 4 heterocycles. The van der Waals surface area contributed by atoms with E-state index in [4.69, 9.17) is 9.40 Å². The summed E-state index contributed by atoms with van der Waals surface area (Å²) in [7, 11) is 2.19. The molecule has 5 nitrogen and oxygen atoms in total. The molecule has 1 saturated heterocycles. The average molecular weight is 296 g/mol. The molecular weight excluding hydrogens is 276 g/mol. The largest absolute Gasteiger partial charge is 0.448 e. The topological polar surface area (TPSA) is 47.1 Å². The van der Waals surface area contributed by atoms with Gasteiger partial charge in [-0.1, -0.05) is 0 Å². The molecular formula is C17H20N4O. The summed E-state index contributed by atoms with van der Waals surface area (Å²) in [5.74, 6) is 2.53. The normalized spacial score (nSPS) is 17.3. The number of hydrogen-bond donors (Lipinski definition) is 0. The van der Waals surface area contributed by atoms with E-state index >= 15 is 0 Å². The maximum atomic E-state index is 5.61. The molecule has 0 aliphatic carbocycles. The highest BCUT2D eigenvalue weighted by atomic mass is 16.3. The summed E-state index contributed by atoms with van der Waals surface area (Å²) in [6.45, 7) is 2.34. The number of hydrogen-bond acceptors (Lipinski definition) is 4. The first-order chi connectivity index (χ1) is 10.8. The van der Waals surface area contributed by atoms with Gasteiger partial charge in [-0.3, -0.25) is 0 Å². The standard InChI is InChI=1S/C17H20N4O/c1-20-9-6-13(7-10-20)12-15-19-14-4-2-8-18-17(14)21(15)16-5-3-11-22-16/h2-5,8,11,13H,6-7,9-10,12H2,1H3. The number of nitrogens with zero attached hydrogens (tertiary/aromatic N) is 4. The van der Waals surface area contributed by atoms with E-state index < -0.39 is 0 Å². The minimum Gasteiger partial charge on any atom is -0.448 e. The van der Waals surface area contributed by atoms with Gasteiger partial charge in [-0.25, -0.2) is 14.5 Å². The number of aromatic nitrogens is 3. The van der Waals surface area contributed by atoms with E-state index in [0.29, 0.717) is 5.92 Å². The van der Waals surface area contributed by atoms with Gasteiger partial charge in [0.25, 0.3) is 0 Å². The van der Waals surface area contributed by atoms with Crippen LogP contribution in [0.25, 0.3) is 17.0 Å². The van der Waals surface area contributed by atoms with Crippen LogP contribution in [-0.2, 0) is 6.42 Å². The predicted octanol–water partition coefficient (Wildman–Crippen LogP) is 2.90. The Kier molecular flexibility index (Phi) is 3.42. The van der Waals surface area contributed by atoms with E-state index in [9.17, 15) is 0 Å². The molecule has 1 aliphatic rings. The van der Waals surface area contributed by atoms with E-state index in [1.807, 2.05) is 30.5 Å². The number of pyridine rings is 1. The fraction of sp³-hybridized carbons (Fsp3) is 0.412. The second-order valence-electron chi connectivity index (χ2n) is 6.11. The summed E-state index contributed by atoms with van der Waals surface area (Å²) >= 11 is 0. The van der Waals surface area contributed by atoms with Gasteiger partial charge in [0.05, 0.1) is 6.26 Å². The van der Waals surface area contributed by atoms with Crippen molar-refractivity contribution < 1.29 is 4.42 Å². The van der Waals surface area contributed by atoms with Crippen molar-refractivity contribution in [2.24, 2.45) is 5.92 Å². The zero-order valence-electron chi connectivity index (χ0n) is 12.8. The quantitative estimate of drug-likeness (QED) is 0.745. The molecule has 1 fully saturated rings. The summed E-state index contributed by atoms with van der Waals surface area (Å²) in [5, 5.41) is 0. The fourth-order valence-electron chi connectivity index (χ4n) is 3.25. The van der Waals surface area contributed by atoms with Crippen molar-refractivity contribution in [1.82, 2.24) is 19.4 Å². The first-order valence-electron chi connectivity index (χ1n) is 7.86. The fourth-order valence-corrected chi connectivity index (χ4v) is 3.25. The van der Waals surface area contributed by atoms with Crippen molar-refractivity contribution >= 4 is 11.2 Å². The van der Waals surface area contributed by atoms with Crippen molar-refractivity contribution in [2.45, 2.75) is 19.3 Å². The van der Waals surface area contributed by atoms with Crippen LogP contribution in [-0.4, -0.2) is 39.6 Å². The van der Waals surface area contributed by atoms with Crippen LogP contribution in [0.3, 0.4) is 0 Å². The monoisotopic (exact) mass is 296 g/mol. The molecule has 0 unspecified atom stereocenters. The summed E-state index contributed by atoms with van der Waals surface area (Å²) in [5.41, 5.74) is 1.81. The number of likely N-dealkylation sites (tertiary alicyclic amines) is 1. The molecule has 0 spiro atoms. The Morgan fingerprint density at radius 2 is 2.09 bits per heavy atom. The van der Waals surface area contributed by atoms with E-state index in [1.54, 1.807) is 6.26 Å². The highest BCUT2D eigenvalue weighted by Gasteiger charge is 2.22. The highest BCUT2D eigenvalue weighted by Crippen LogP contribution is 2.25. The van der Waals surface area contributed by atoms with E-state index in [1.165, 1.54) is 25.9 Å². The molecule has 3 aromatic rings. The van der Waals surface area contributed by atoms with Gasteiger partial charge in [0.2, 0.25) is 5.88 Å². The van der Waals surface area contributed by atoms with Crippen molar-refractivity contribution in [2.75, 3.05) is 20.1 Å². The zero-order valence-corrected chi connectivity index (χ0v) is 12.8. The number of imidazole rings is 1. The second kappa shape index (κ2) is 5.57. The molecule has 4 rings (SSSR count). The van der Waals surface area contributed by atoms with Crippen molar-refractivity contribution in [3.63, 3.8) is 0 Å². The number of piperidine rings is 1. The van der Waals surface area contributed by atoms with Crippen LogP contribution in [0.5, 0.6) is 0 Å².